The number of hydrogen-bond donors (Lipinski definition) is 0. The first-order valence-corrected chi connectivity index (χ1v) is 6.87. The molecule has 0 atom stereocenters. The molecule has 3 rings (SSSR count). The highest BCUT2D eigenvalue weighted by Gasteiger charge is 1.95. The number of nitrogens with zero attached hydrogens (tertiary/aromatic N) is 2. The van der Waals surface area contributed by atoms with Gasteiger partial charge in [0, 0.05) is 23.5 Å². The Bertz CT molecular complexity index is 800. The smallest absolute Gasteiger partial charge is 0.113 e. The molecule has 0 spiro atoms. The Morgan fingerprint density at radius 1 is 0.500 bits per heavy atom. The Morgan fingerprint density at radius 2 is 0.955 bits per heavy atom. The molecule has 0 fully saturated rings. The van der Waals surface area contributed by atoms with Crippen LogP contribution in [0.4, 0.5) is 0 Å². The van der Waals surface area contributed by atoms with E-state index in [0.717, 1.165) is 22.5 Å². The molecule has 0 aliphatic heterocycles. The molecule has 2 heterocycles. The Morgan fingerprint density at radius 3 is 1.36 bits per heavy atom. The Labute approximate surface area is 129 Å². The van der Waals surface area contributed by atoms with Crippen LogP contribution in [0.15, 0.2) is 73.1 Å². The summed E-state index contributed by atoms with van der Waals surface area (Å²) < 4.78 is 0. The molecule has 2 aromatic heterocycles. The molecule has 0 aliphatic rings. The molecule has 22 heavy (non-hydrogen) atoms. The van der Waals surface area contributed by atoms with Gasteiger partial charge < -0.3 is 0 Å². The quantitative estimate of drug-likeness (QED) is 0.591. The van der Waals surface area contributed by atoms with Gasteiger partial charge in [-0.15, -0.1) is 0 Å². The Kier molecular flexibility index (Phi) is 4.26. The second-order valence-electron chi connectivity index (χ2n) is 4.48. The molecule has 2 heteroatoms. The second kappa shape index (κ2) is 6.88. The van der Waals surface area contributed by atoms with E-state index < -0.39 is 0 Å². The monoisotopic (exact) mass is 280 g/mol. The van der Waals surface area contributed by atoms with Gasteiger partial charge in [-0.25, -0.2) is 9.97 Å². The van der Waals surface area contributed by atoms with E-state index in [1.54, 1.807) is 12.4 Å². The van der Waals surface area contributed by atoms with Crippen molar-refractivity contribution in [3.8, 4) is 23.7 Å². The van der Waals surface area contributed by atoms with Gasteiger partial charge in [0.1, 0.15) is 11.4 Å². The fraction of sp³-hybridized carbons (Fsp3) is 0. The van der Waals surface area contributed by atoms with Crippen molar-refractivity contribution in [2.75, 3.05) is 0 Å². The summed E-state index contributed by atoms with van der Waals surface area (Å²) in [7, 11) is 0. The molecule has 0 N–H and O–H groups in total. The van der Waals surface area contributed by atoms with Gasteiger partial charge in [-0.3, -0.25) is 0 Å². The molecular weight excluding hydrogens is 268 g/mol. The van der Waals surface area contributed by atoms with Gasteiger partial charge in [-0.1, -0.05) is 36.1 Å². The summed E-state index contributed by atoms with van der Waals surface area (Å²) in [5, 5.41) is 0. The van der Waals surface area contributed by atoms with E-state index >= 15 is 0 Å². The minimum Gasteiger partial charge on any atom is -0.248 e. The largest absolute Gasteiger partial charge is 0.248 e. The second-order valence-corrected chi connectivity index (χ2v) is 4.48. The van der Waals surface area contributed by atoms with Crippen LogP contribution in [-0.4, -0.2) is 9.97 Å². The van der Waals surface area contributed by atoms with E-state index in [9.17, 15) is 0 Å². The molecule has 0 saturated carbocycles. The number of aromatic nitrogens is 2. The van der Waals surface area contributed by atoms with E-state index in [2.05, 4.69) is 33.6 Å². The van der Waals surface area contributed by atoms with Gasteiger partial charge in [0.25, 0.3) is 0 Å². The SMILES string of the molecule is C(#Cc1ccccc1C#Cc1ccccn1)c1ccccn1. The van der Waals surface area contributed by atoms with E-state index in [4.69, 9.17) is 0 Å². The maximum atomic E-state index is 4.20. The summed E-state index contributed by atoms with van der Waals surface area (Å²) in [6.07, 6.45) is 3.47. The lowest BCUT2D eigenvalue weighted by molar-refractivity contribution is 1.29. The first-order chi connectivity index (χ1) is 10.9. The van der Waals surface area contributed by atoms with Crippen LogP contribution in [0, 0.1) is 23.7 Å². The van der Waals surface area contributed by atoms with E-state index in [1.807, 2.05) is 60.7 Å². The number of hydrogen-bond acceptors (Lipinski definition) is 2. The number of benzene rings is 1. The van der Waals surface area contributed by atoms with Gasteiger partial charge in [0.05, 0.1) is 0 Å². The highest BCUT2D eigenvalue weighted by atomic mass is 14.6. The molecule has 0 aliphatic carbocycles. The van der Waals surface area contributed by atoms with Crippen LogP contribution in [0.25, 0.3) is 0 Å². The zero-order valence-electron chi connectivity index (χ0n) is 11.8. The van der Waals surface area contributed by atoms with Crippen LogP contribution in [0.1, 0.15) is 22.5 Å². The average molecular weight is 280 g/mol. The van der Waals surface area contributed by atoms with Gasteiger partial charge in [-0.2, -0.15) is 0 Å². The van der Waals surface area contributed by atoms with Crippen molar-refractivity contribution in [2.24, 2.45) is 0 Å². The van der Waals surface area contributed by atoms with Crippen LogP contribution in [0.2, 0.25) is 0 Å². The van der Waals surface area contributed by atoms with Gasteiger partial charge in [0.2, 0.25) is 0 Å². The van der Waals surface area contributed by atoms with Crippen molar-refractivity contribution < 1.29 is 0 Å². The first-order valence-electron chi connectivity index (χ1n) is 6.87. The van der Waals surface area contributed by atoms with Crippen molar-refractivity contribution in [2.45, 2.75) is 0 Å². The summed E-state index contributed by atoms with van der Waals surface area (Å²) in [5.74, 6) is 12.4. The standard InChI is InChI=1S/C20H12N2/c1-2-8-18(12-14-20-10-4-6-16-22-20)17(7-1)11-13-19-9-3-5-15-21-19/h1-10,15-16H. The van der Waals surface area contributed by atoms with Gasteiger partial charge >= 0.3 is 0 Å². The Balaban J connectivity index is 1.92. The topological polar surface area (TPSA) is 25.8 Å². The minimum atomic E-state index is 0.745. The van der Waals surface area contributed by atoms with E-state index in [0.29, 0.717) is 0 Å². The predicted molar refractivity (Wildman–Crippen MR) is 86.9 cm³/mol. The fourth-order valence-corrected chi connectivity index (χ4v) is 1.84. The van der Waals surface area contributed by atoms with Crippen LogP contribution < -0.4 is 0 Å². The van der Waals surface area contributed by atoms with Crippen molar-refractivity contribution in [3.63, 3.8) is 0 Å². The third kappa shape index (κ3) is 3.60. The summed E-state index contributed by atoms with van der Waals surface area (Å²) in [6.45, 7) is 0. The van der Waals surface area contributed by atoms with Crippen molar-refractivity contribution >= 4 is 0 Å². The highest BCUT2D eigenvalue weighted by Crippen LogP contribution is 2.06. The molecule has 0 unspecified atom stereocenters. The maximum Gasteiger partial charge on any atom is 0.113 e. The van der Waals surface area contributed by atoms with Crippen molar-refractivity contribution in [3.05, 3.63) is 95.6 Å². The summed E-state index contributed by atoms with van der Waals surface area (Å²) >= 11 is 0. The third-order valence-electron chi connectivity index (χ3n) is 2.91. The van der Waals surface area contributed by atoms with E-state index in [-0.39, 0.29) is 0 Å². The lowest BCUT2D eigenvalue weighted by Gasteiger charge is -1.95. The predicted octanol–water partition coefficient (Wildman–Crippen LogP) is 3.28. The van der Waals surface area contributed by atoms with Crippen LogP contribution >= 0.6 is 0 Å². The van der Waals surface area contributed by atoms with Crippen LogP contribution in [0.5, 0.6) is 0 Å². The van der Waals surface area contributed by atoms with Crippen LogP contribution in [-0.2, 0) is 0 Å². The fourth-order valence-electron chi connectivity index (χ4n) is 1.84. The highest BCUT2D eigenvalue weighted by molar-refractivity contribution is 5.53. The zero-order chi connectivity index (χ0) is 15.0. The van der Waals surface area contributed by atoms with Gasteiger partial charge in [-0.05, 0) is 48.2 Å². The molecular formula is C20H12N2. The first kappa shape index (κ1) is 13.6. The molecule has 102 valence electrons. The number of pyridine rings is 2. The normalized spacial score (nSPS) is 9.09. The maximum absolute atomic E-state index is 4.20. The number of rotatable bonds is 0. The van der Waals surface area contributed by atoms with Crippen molar-refractivity contribution in [1.82, 2.24) is 9.97 Å². The lowest BCUT2D eigenvalue weighted by Crippen LogP contribution is -1.85. The summed E-state index contributed by atoms with van der Waals surface area (Å²) in [4.78, 5) is 8.39. The lowest BCUT2D eigenvalue weighted by atomic mass is 10.1. The molecule has 2 nitrogen and oxygen atoms in total. The zero-order valence-corrected chi connectivity index (χ0v) is 11.8. The minimum absolute atomic E-state index is 0.745. The molecule has 0 radical (unpaired) electrons. The average Bonchev–Trinajstić information content (AvgIpc) is 2.61. The van der Waals surface area contributed by atoms with Crippen molar-refractivity contribution in [1.29, 1.82) is 0 Å². The summed E-state index contributed by atoms with van der Waals surface area (Å²) in [6, 6.07) is 19.2. The van der Waals surface area contributed by atoms with Crippen LogP contribution in [0.3, 0.4) is 0 Å². The molecule has 3 aromatic rings. The molecule has 0 bridgehead atoms. The van der Waals surface area contributed by atoms with Gasteiger partial charge in [0.15, 0.2) is 0 Å². The third-order valence-corrected chi connectivity index (χ3v) is 2.91. The Hall–Kier alpha value is -3.36. The molecule has 1 aromatic carbocycles. The van der Waals surface area contributed by atoms with E-state index in [1.165, 1.54) is 0 Å². The molecule has 0 amide bonds. The molecule has 0 saturated heterocycles. The summed E-state index contributed by atoms with van der Waals surface area (Å²) in [5.41, 5.74) is 3.26.